The molecule has 29 heavy (non-hydrogen) atoms. The van der Waals surface area contributed by atoms with Crippen LogP contribution >= 0.6 is 0 Å². The molecule has 9 nitrogen and oxygen atoms in total. The molecule has 1 rings (SSSR count). The first-order valence-corrected chi connectivity index (χ1v) is 9.21. The van der Waals surface area contributed by atoms with E-state index in [1.54, 1.807) is 58.0 Å². The van der Waals surface area contributed by atoms with E-state index in [9.17, 15) is 19.2 Å². The molecule has 0 aliphatic carbocycles. The SMILES string of the molecule is CCOC(=O)CN(Cc1ccccc1)C(=O)[C@@H](CC(=O)O)NC(=O)OC(C)(C)C. The van der Waals surface area contributed by atoms with Gasteiger partial charge in [0.1, 0.15) is 18.2 Å². The quantitative estimate of drug-likeness (QED) is 0.599. The summed E-state index contributed by atoms with van der Waals surface area (Å²) in [5.74, 6) is -2.64. The lowest BCUT2D eigenvalue weighted by molar-refractivity contribution is -0.150. The van der Waals surface area contributed by atoms with Gasteiger partial charge in [0.25, 0.3) is 0 Å². The average Bonchev–Trinajstić information content (AvgIpc) is 2.59. The van der Waals surface area contributed by atoms with Crippen LogP contribution in [0, 0.1) is 0 Å². The Labute approximate surface area is 170 Å². The molecule has 0 saturated carbocycles. The second-order valence-electron chi connectivity index (χ2n) is 7.28. The van der Waals surface area contributed by atoms with Crippen LogP contribution in [-0.4, -0.2) is 58.7 Å². The summed E-state index contributed by atoms with van der Waals surface area (Å²) in [4.78, 5) is 49.4. The molecule has 1 atom stereocenters. The number of hydrogen-bond donors (Lipinski definition) is 2. The van der Waals surface area contributed by atoms with E-state index in [1.165, 1.54) is 0 Å². The predicted molar refractivity (Wildman–Crippen MR) is 104 cm³/mol. The highest BCUT2D eigenvalue weighted by Crippen LogP contribution is 2.11. The maximum atomic E-state index is 13.0. The van der Waals surface area contributed by atoms with Crippen molar-refractivity contribution in [1.82, 2.24) is 10.2 Å². The van der Waals surface area contributed by atoms with Crippen LogP contribution in [0.5, 0.6) is 0 Å². The number of alkyl carbamates (subject to hydrolysis) is 1. The number of rotatable bonds is 9. The first-order chi connectivity index (χ1) is 13.5. The van der Waals surface area contributed by atoms with Crippen molar-refractivity contribution in [3.05, 3.63) is 35.9 Å². The highest BCUT2D eigenvalue weighted by Gasteiger charge is 2.31. The Hall–Kier alpha value is -3.10. The van der Waals surface area contributed by atoms with E-state index in [0.29, 0.717) is 0 Å². The lowest BCUT2D eigenvalue weighted by atomic mass is 10.1. The molecule has 1 aromatic carbocycles. The van der Waals surface area contributed by atoms with Gasteiger partial charge in [-0.1, -0.05) is 30.3 Å². The summed E-state index contributed by atoms with van der Waals surface area (Å²) in [6.07, 6.45) is -1.58. The van der Waals surface area contributed by atoms with Gasteiger partial charge in [-0.25, -0.2) is 4.79 Å². The minimum absolute atomic E-state index is 0.0462. The van der Waals surface area contributed by atoms with Gasteiger partial charge in [-0.05, 0) is 33.3 Å². The first kappa shape index (κ1) is 23.9. The molecule has 0 bridgehead atoms. The fourth-order valence-electron chi connectivity index (χ4n) is 2.42. The molecule has 0 spiro atoms. The van der Waals surface area contributed by atoms with Gasteiger partial charge in [-0.3, -0.25) is 14.4 Å². The molecule has 9 heteroatoms. The van der Waals surface area contributed by atoms with Crippen LogP contribution in [0.15, 0.2) is 30.3 Å². The van der Waals surface area contributed by atoms with Crippen molar-refractivity contribution < 1.29 is 33.8 Å². The largest absolute Gasteiger partial charge is 0.481 e. The van der Waals surface area contributed by atoms with E-state index < -0.39 is 42.0 Å². The van der Waals surface area contributed by atoms with E-state index in [2.05, 4.69) is 5.32 Å². The van der Waals surface area contributed by atoms with Crippen molar-refractivity contribution in [2.24, 2.45) is 0 Å². The molecule has 0 saturated heterocycles. The Balaban J connectivity index is 3.05. The highest BCUT2D eigenvalue weighted by molar-refractivity contribution is 5.91. The van der Waals surface area contributed by atoms with Crippen molar-refractivity contribution in [3.8, 4) is 0 Å². The van der Waals surface area contributed by atoms with Crippen LogP contribution in [0.3, 0.4) is 0 Å². The summed E-state index contributed by atoms with van der Waals surface area (Å²) in [5.41, 5.74) is -0.0910. The van der Waals surface area contributed by atoms with Crippen molar-refractivity contribution in [3.63, 3.8) is 0 Å². The number of carbonyl (C=O) groups is 4. The average molecular weight is 408 g/mol. The number of nitrogens with one attached hydrogen (secondary N) is 1. The highest BCUT2D eigenvalue weighted by atomic mass is 16.6. The molecule has 0 aliphatic rings. The number of ether oxygens (including phenoxy) is 2. The van der Waals surface area contributed by atoms with Crippen LogP contribution in [0.25, 0.3) is 0 Å². The second-order valence-corrected chi connectivity index (χ2v) is 7.28. The Morgan fingerprint density at radius 3 is 2.28 bits per heavy atom. The van der Waals surface area contributed by atoms with Crippen LogP contribution in [0.4, 0.5) is 4.79 Å². The van der Waals surface area contributed by atoms with Gasteiger partial charge >= 0.3 is 18.0 Å². The lowest BCUT2D eigenvalue weighted by Gasteiger charge is -2.27. The zero-order chi connectivity index (χ0) is 22.0. The zero-order valence-corrected chi connectivity index (χ0v) is 17.1. The molecule has 2 amide bonds. The molecule has 160 valence electrons. The van der Waals surface area contributed by atoms with Crippen LogP contribution < -0.4 is 5.32 Å². The molecule has 0 radical (unpaired) electrons. The fourth-order valence-corrected chi connectivity index (χ4v) is 2.42. The predicted octanol–water partition coefficient (Wildman–Crippen LogP) is 1.95. The van der Waals surface area contributed by atoms with Gasteiger partial charge < -0.3 is 24.8 Å². The minimum Gasteiger partial charge on any atom is -0.481 e. The normalized spacial score (nSPS) is 11.9. The van der Waals surface area contributed by atoms with Crippen LogP contribution in [-0.2, 0) is 30.4 Å². The lowest BCUT2D eigenvalue weighted by Crippen LogP contribution is -2.51. The fraction of sp³-hybridized carbons (Fsp3) is 0.500. The van der Waals surface area contributed by atoms with Gasteiger partial charge in [-0.2, -0.15) is 0 Å². The Kier molecular flexibility index (Phi) is 9.11. The van der Waals surface area contributed by atoms with Crippen molar-refractivity contribution in [2.75, 3.05) is 13.2 Å². The van der Waals surface area contributed by atoms with Gasteiger partial charge in [0.15, 0.2) is 0 Å². The summed E-state index contributed by atoms with van der Waals surface area (Å²) >= 11 is 0. The smallest absolute Gasteiger partial charge is 0.408 e. The third-order valence-corrected chi connectivity index (χ3v) is 3.52. The number of amides is 2. The molecule has 0 aromatic heterocycles. The molecular weight excluding hydrogens is 380 g/mol. The maximum Gasteiger partial charge on any atom is 0.408 e. The molecule has 2 N–H and O–H groups in total. The third-order valence-electron chi connectivity index (χ3n) is 3.52. The summed E-state index contributed by atoms with van der Waals surface area (Å²) in [6, 6.07) is 7.47. The van der Waals surface area contributed by atoms with Crippen molar-refractivity contribution >= 4 is 23.9 Å². The Bertz CT molecular complexity index is 713. The second kappa shape index (κ2) is 11.0. The van der Waals surface area contributed by atoms with E-state index in [-0.39, 0.29) is 19.7 Å². The molecule has 1 aromatic rings. The Morgan fingerprint density at radius 1 is 1.14 bits per heavy atom. The van der Waals surface area contributed by atoms with E-state index in [0.717, 1.165) is 10.5 Å². The number of esters is 1. The third kappa shape index (κ3) is 9.59. The van der Waals surface area contributed by atoms with Crippen LogP contribution in [0.1, 0.15) is 39.7 Å². The number of aliphatic carboxylic acids is 1. The number of hydrogen-bond acceptors (Lipinski definition) is 6. The van der Waals surface area contributed by atoms with E-state index in [1.807, 2.05) is 0 Å². The number of carboxylic acid groups (broad SMARTS) is 1. The number of carbonyl (C=O) groups excluding carboxylic acids is 3. The monoisotopic (exact) mass is 408 g/mol. The summed E-state index contributed by atoms with van der Waals surface area (Å²) in [6.45, 7) is 6.37. The number of nitrogens with zero attached hydrogens (tertiary/aromatic N) is 1. The van der Waals surface area contributed by atoms with Crippen molar-refractivity contribution in [1.29, 1.82) is 0 Å². The molecule has 0 heterocycles. The summed E-state index contributed by atoms with van der Waals surface area (Å²) in [5, 5.41) is 11.5. The Morgan fingerprint density at radius 2 is 1.76 bits per heavy atom. The van der Waals surface area contributed by atoms with E-state index in [4.69, 9.17) is 14.6 Å². The molecule has 0 aliphatic heterocycles. The van der Waals surface area contributed by atoms with Gasteiger partial charge in [0, 0.05) is 6.54 Å². The van der Waals surface area contributed by atoms with Gasteiger partial charge in [0.05, 0.1) is 13.0 Å². The molecular formula is C20H28N2O7. The standard InChI is InChI=1S/C20H28N2O7/c1-5-28-17(25)13-22(12-14-9-7-6-8-10-14)18(26)15(11-16(23)24)21-19(27)29-20(2,3)4/h6-10,15H,5,11-13H2,1-4H3,(H,21,27)(H,23,24)/t15-/m1/s1. The maximum absolute atomic E-state index is 13.0. The molecule has 0 unspecified atom stereocenters. The topological polar surface area (TPSA) is 122 Å². The number of benzene rings is 1. The minimum atomic E-state index is -1.40. The zero-order valence-electron chi connectivity index (χ0n) is 17.1. The first-order valence-electron chi connectivity index (χ1n) is 9.21. The summed E-state index contributed by atoms with van der Waals surface area (Å²) in [7, 11) is 0. The van der Waals surface area contributed by atoms with Crippen molar-refractivity contribution in [2.45, 2.75) is 52.3 Å². The van der Waals surface area contributed by atoms with E-state index >= 15 is 0 Å². The van der Waals surface area contributed by atoms with Gasteiger partial charge in [-0.15, -0.1) is 0 Å². The number of carboxylic acids is 1. The molecule has 0 fully saturated rings. The summed E-state index contributed by atoms with van der Waals surface area (Å²) < 4.78 is 10.0. The van der Waals surface area contributed by atoms with Crippen LogP contribution in [0.2, 0.25) is 0 Å². The van der Waals surface area contributed by atoms with Gasteiger partial charge in [0.2, 0.25) is 5.91 Å².